The lowest BCUT2D eigenvalue weighted by Gasteiger charge is -2.37. The fourth-order valence-corrected chi connectivity index (χ4v) is 4.36. The monoisotopic (exact) mass is 502 g/mol. The first-order chi connectivity index (χ1) is 17.9. The van der Waals surface area contributed by atoms with Crippen LogP contribution in [0.3, 0.4) is 0 Å². The highest BCUT2D eigenvalue weighted by Crippen LogP contribution is 2.29. The van der Waals surface area contributed by atoms with E-state index in [0.29, 0.717) is 16.8 Å². The van der Waals surface area contributed by atoms with Gasteiger partial charge >= 0.3 is 5.97 Å². The van der Waals surface area contributed by atoms with E-state index < -0.39 is 10.9 Å². The van der Waals surface area contributed by atoms with Crippen LogP contribution in [0.4, 0.5) is 17.1 Å². The number of non-ortho nitro benzene ring substituents is 1. The minimum atomic E-state index is -0.476. The van der Waals surface area contributed by atoms with Crippen LogP contribution in [-0.4, -0.2) is 54.5 Å². The van der Waals surface area contributed by atoms with Gasteiger partial charge in [-0.25, -0.2) is 4.79 Å². The van der Waals surface area contributed by atoms with Gasteiger partial charge in [0.1, 0.15) is 0 Å². The van der Waals surface area contributed by atoms with E-state index in [0.717, 1.165) is 38.4 Å². The molecule has 0 unspecified atom stereocenters. The topological polar surface area (TPSA) is 105 Å². The summed E-state index contributed by atoms with van der Waals surface area (Å²) < 4.78 is 5.14. The number of nitrogens with zero attached hydrogens (tertiary/aromatic N) is 3. The summed E-state index contributed by atoms with van der Waals surface area (Å²) >= 11 is 0. The molecule has 0 aromatic heterocycles. The van der Waals surface area contributed by atoms with E-state index in [1.165, 1.54) is 17.7 Å². The first-order valence-electron chi connectivity index (χ1n) is 12.3. The van der Waals surface area contributed by atoms with Gasteiger partial charge in [0.2, 0.25) is 5.91 Å². The van der Waals surface area contributed by atoms with E-state index >= 15 is 0 Å². The van der Waals surface area contributed by atoms with E-state index in [1.54, 1.807) is 31.2 Å². The minimum absolute atomic E-state index is 0.0278. The number of nitro groups is 1. The molecule has 1 aliphatic heterocycles. The molecule has 3 aromatic carbocycles. The molecule has 1 amide bonds. The lowest BCUT2D eigenvalue weighted by atomic mass is 10.1. The maximum atomic E-state index is 12.9. The predicted molar refractivity (Wildman–Crippen MR) is 142 cm³/mol. The number of anilines is 2. The fraction of sp³-hybridized carbons (Fsp3) is 0.286. The zero-order valence-corrected chi connectivity index (χ0v) is 20.8. The number of rotatable bonds is 9. The third-order valence-electron chi connectivity index (χ3n) is 6.26. The summed E-state index contributed by atoms with van der Waals surface area (Å²) in [5.41, 5.74) is 3.63. The summed E-state index contributed by atoms with van der Waals surface area (Å²) in [6, 6.07) is 21.5. The standard InChI is InChI=1S/C28H30N4O5/c1-2-37-28(34)23-10-13-26(31-16-14-30(15-17-31)20-22-6-4-3-5-7-22)25(19-23)29-27(33)18-21-8-11-24(12-9-21)32(35)36/h3-13,19H,2,14-18,20H2,1H3,(H,29,33). The summed E-state index contributed by atoms with van der Waals surface area (Å²) in [5, 5.41) is 13.8. The van der Waals surface area contributed by atoms with Gasteiger partial charge in [0.15, 0.2) is 0 Å². The second-order valence-electron chi connectivity index (χ2n) is 8.85. The van der Waals surface area contributed by atoms with Gasteiger partial charge in [-0.2, -0.15) is 0 Å². The van der Waals surface area contributed by atoms with Crippen molar-refractivity contribution < 1.29 is 19.2 Å². The maximum absolute atomic E-state index is 12.9. The number of piperazine rings is 1. The number of amides is 1. The lowest BCUT2D eigenvalue weighted by molar-refractivity contribution is -0.384. The molecule has 1 fully saturated rings. The molecule has 9 nitrogen and oxygen atoms in total. The van der Waals surface area contributed by atoms with Crippen LogP contribution in [-0.2, 0) is 22.5 Å². The Morgan fingerprint density at radius 3 is 2.30 bits per heavy atom. The number of hydrogen-bond donors (Lipinski definition) is 1. The Bertz CT molecular complexity index is 1240. The highest BCUT2D eigenvalue weighted by molar-refractivity contribution is 5.99. The molecule has 1 aliphatic rings. The summed E-state index contributed by atoms with van der Waals surface area (Å²) in [4.78, 5) is 40.3. The highest BCUT2D eigenvalue weighted by Gasteiger charge is 2.22. The molecule has 3 aromatic rings. The van der Waals surface area contributed by atoms with E-state index in [2.05, 4.69) is 27.2 Å². The number of esters is 1. The van der Waals surface area contributed by atoms with Gasteiger partial charge in [-0.05, 0) is 36.2 Å². The maximum Gasteiger partial charge on any atom is 0.338 e. The Balaban J connectivity index is 1.47. The number of carbonyl (C=O) groups excluding carboxylic acids is 2. The summed E-state index contributed by atoms with van der Waals surface area (Å²) in [6.07, 6.45) is 0.0475. The molecule has 1 heterocycles. The zero-order valence-electron chi connectivity index (χ0n) is 20.8. The van der Waals surface area contributed by atoms with Crippen LogP contribution in [0.5, 0.6) is 0 Å². The van der Waals surface area contributed by atoms with Gasteiger partial charge in [0, 0.05) is 44.9 Å². The number of benzene rings is 3. The Morgan fingerprint density at radius 1 is 0.946 bits per heavy atom. The van der Waals surface area contributed by atoms with Crippen LogP contribution in [0.25, 0.3) is 0 Å². The van der Waals surface area contributed by atoms with Crippen LogP contribution in [0.15, 0.2) is 72.8 Å². The fourth-order valence-electron chi connectivity index (χ4n) is 4.36. The molecule has 37 heavy (non-hydrogen) atoms. The van der Waals surface area contributed by atoms with E-state index in [9.17, 15) is 19.7 Å². The molecular weight excluding hydrogens is 472 g/mol. The molecule has 192 valence electrons. The Hall–Kier alpha value is -4.24. The quantitative estimate of drug-likeness (QED) is 0.265. The van der Waals surface area contributed by atoms with Gasteiger partial charge in [0.05, 0.1) is 34.9 Å². The molecule has 4 rings (SSSR count). The highest BCUT2D eigenvalue weighted by atomic mass is 16.6. The van der Waals surface area contributed by atoms with Crippen LogP contribution >= 0.6 is 0 Å². The van der Waals surface area contributed by atoms with Gasteiger partial charge in [-0.3, -0.25) is 19.8 Å². The van der Waals surface area contributed by atoms with E-state index in [1.807, 2.05) is 24.3 Å². The Kier molecular flexibility index (Phi) is 8.48. The minimum Gasteiger partial charge on any atom is -0.462 e. The van der Waals surface area contributed by atoms with Crippen LogP contribution < -0.4 is 10.2 Å². The number of nitrogens with one attached hydrogen (secondary N) is 1. The second kappa shape index (κ2) is 12.1. The smallest absolute Gasteiger partial charge is 0.338 e. The van der Waals surface area contributed by atoms with Gasteiger partial charge < -0.3 is 15.0 Å². The zero-order chi connectivity index (χ0) is 26.2. The summed E-state index contributed by atoms with van der Waals surface area (Å²) in [5.74, 6) is -0.730. The molecule has 0 saturated carbocycles. The van der Waals surface area contributed by atoms with Crippen molar-refractivity contribution in [2.45, 2.75) is 19.9 Å². The van der Waals surface area contributed by atoms with Gasteiger partial charge in [-0.1, -0.05) is 42.5 Å². The Labute approximate surface area is 215 Å². The first kappa shape index (κ1) is 25.8. The molecule has 0 bridgehead atoms. The van der Waals surface area contributed by atoms with Crippen LogP contribution in [0.2, 0.25) is 0 Å². The van der Waals surface area contributed by atoms with Crippen molar-refractivity contribution in [3.63, 3.8) is 0 Å². The van der Waals surface area contributed by atoms with Crippen LogP contribution in [0, 0.1) is 10.1 Å². The van der Waals surface area contributed by atoms with Crippen LogP contribution in [0.1, 0.15) is 28.4 Å². The van der Waals surface area contributed by atoms with Gasteiger partial charge in [-0.15, -0.1) is 0 Å². The Morgan fingerprint density at radius 2 is 1.65 bits per heavy atom. The largest absolute Gasteiger partial charge is 0.462 e. The first-order valence-corrected chi connectivity index (χ1v) is 12.3. The average molecular weight is 503 g/mol. The SMILES string of the molecule is CCOC(=O)c1ccc(N2CCN(Cc3ccccc3)CC2)c(NC(=O)Cc2ccc([N+](=O)[O-])cc2)c1. The van der Waals surface area contributed by atoms with E-state index in [-0.39, 0.29) is 24.6 Å². The predicted octanol–water partition coefficient (Wildman–Crippen LogP) is 4.27. The van der Waals surface area contributed by atoms with Crippen molar-refractivity contribution in [3.05, 3.63) is 99.6 Å². The second-order valence-corrected chi connectivity index (χ2v) is 8.85. The average Bonchev–Trinajstić information content (AvgIpc) is 2.90. The van der Waals surface area contributed by atoms with Crippen molar-refractivity contribution in [3.8, 4) is 0 Å². The summed E-state index contributed by atoms with van der Waals surface area (Å²) in [7, 11) is 0. The van der Waals surface area contributed by atoms with Crippen molar-refractivity contribution in [2.75, 3.05) is 43.0 Å². The normalized spacial score (nSPS) is 13.7. The number of hydrogen-bond acceptors (Lipinski definition) is 7. The van der Waals surface area contributed by atoms with Gasteiger partial charge in [0.25, 0.3) is 5.69 Å². The van der Waals surface area contributed by atoms with Crippen molar-refractivity contribution >= 4 is 28.9 Å². The van der Waals surface area contributed by atoms with Crippen molar-refractivity contribution in [2.24, 2.45) is 0 Å². The molecule has 0 spiro atoms. The molecule has 0 radical (unpaired) electrons. The van der Waals surface area contributed by atoms with E-state index in [4.69, 9.17) is 4.74 Å². The van der Waals surface area contributed by atoms with Crippen molar-refractivity contribution in [1.29, 1.82) is 0 Å². The number of nitro benzene ring substituents is 1. The number of ether oxygens (including phenoxy) is 1. The molecule has 0 atom stereocenters. The number of carbonyl (C=O) groups is 2. The molecule has 9 heteroatoms. The molecule has 0 aliphatic carbocycles. The third-order valence-corrected chi connectivity index (χ3v) is 6.26. The summed E-state index contributed by atoms with van der Waals surface area (Å²) in [6.45, 7) is 6.16. The molecular formula is C28H30N4O5. The van der Waals surface area contributed by atoms with Crippen molar-refractivity contribution in [1.82, 2.24) is 4.90 Å². The molecule has 1 saturated heterocycles. The molecule has 1 N–H and O–H groups in total. The third kappa shape index (κ3) is 6.92. The lowest BCUT2D eigenvalue weighted by Crippen LogP contribution is -2.46.